The Balaban J connectivity index is 1.95. The van der Waals surface area contributed by atoms with Crippen LogP contribution in [-0.4, -0.2) is 17.1 Å². The first-order valence-electron chi connectivity index (χ1n) is 8.11. The second kappa shape index (κ2) is 6.47. The minimum Gasteiger partial charge on any atom is -0.318 e. The van der Waals surface area contributed by atoms with Gasteiger partial charge in [-0.05, 0) is 12.8 Å². The maximum atomic E-state index is 13.0. The highest BCUT2D eigenvalue weighted by atomic mass is 16.1. The van der Waals surface area contributed by atoms with Gasteiger partial charge >= 0.3 is 0 Å². The predicted octanol–water partition coefficient (Wildman–Crippen LogP) is 3.64. The first-order chi connectivity index (χ1) is 11.1. The fraction of sp³-hybridized carbons (Fsp3) is 0.300. The number of Topliss-reactive ketones (excluding diaryl/α,β-unsaturated/α-hetero) is 2. The van der Waals surface area contributed by atoms with Crippen molar-refractivity contribution in [3.8, 4) is 0 Å². The molecular weight excluding hydrogens is 286 g/mol. The Morgan fingerprint density at radius 3 is 2.04 bits per heavy atom. The van der Waals surface area contributed by atoms with E-state index in [4.69, 9.17) is 5.73 Å². The highest BCUT2D eigenvalue weighted by molar-refractivity contribution is 6.09. The first kappa shape index (κ1) is 15.6. The SMILES string of the molecule is NC1(C(=O)c2ccccc2)CCCCC1C(=O)c1ccccc1. The standard InChI is InChI=1S/C20H21NO2/c21-20(19(23)16-11-5-2-6-12-16)14-8-7-13-17(20)18(22)15-9-3-1-4-10-15/h1-6,9-12,17H,7-8,13-14,21H2. The molecule has 2 aromatic rings. The predicted molar refractivity (Wildman–Crippen MR) is 90.4 cm³/mol. The summed E-state index contributed by atoms with van der Waals surface area (Å²) in [6, 6.07) is 18.2. The van der Waals surface area contributed by atoms with Gasteiger partial charge in [0.1, 0.15) is 0 Å². The van der Waals surface area contributed by atoms with Crippen LogP contribution in [0.1, 0.15) is 46.4 Å². The highest BCUT2D eigenvalue weighted by Crippen LogP contribution is 2.36. The summed E-state index contributed by atoms with van der Waals surface area (Å²) in [5.74, 6) is -0.587. The third-order valence-corrected chi connectivity index (χ3v) is 4.79. The lowest BCUT2D eigenvalue weighted by atomic mass is 9.67. The molecule has 0 saturated heterocycles. The minimum absolute atomic E-state index is 0.0166. The number of carbonyl (C=O) groups is 2. The van der Waals surface area contributed by atoms with Crippen molar-refractivity contribution < 1.29 is 9.59 Å². The monoisotopic (exact) mass is 307 g/mol. The molecule has 0 spiro atoms. The molecule has 1 fully saturated rings. The molecule has 1 saturated carbocycles. The third-order valence-electron chi connectivity index (χ3n) is 4.79. The Labute approximate surface area is 136 Å². The Morgan fingerprint density at radius 2 is 1.43 bits per heavy atom. The summed E-state index contributed by atoms with van der Waals surface area (Å²) < 4.78 is 0. The molecule has 2 N–H and O–H groups in total. The molecule has 0 amide bonds. The molecule has 1 aliphatic carbocycles. The lowest BCUT2D eigenvalue weighted by Crippen LogP contribution is -2.58. The molecule has 23 heavy (non-hydrogen) atoms. The zero-order chi connectivity index (χ0) is 16.3. The summed E-state index contributed by atoms with van der Waals surface area (Å²) in [5.41, 5.74) is 6.66. The molecule has 2 atom stereocenters. The van der Waals surface area contributed by atoms with Crippen LogP contribution < -0.4 is 5.73 Å². The van der Waals surface area contributed by atoms with Gasteiger partial charge in [-0.3, -0.25) is 9.59 Å². The van der Waals surface area contributed by atoms with Crippen molar-refractivity contribution in [2.75, 3.05) is 0 Å². The van der Waals surface area contributed by atoms with Gasteiger partial charge in [0.2, 0.25) is 0 Å². The van der Waals surface area contributed by atoms with E-state index in [1.54, 1.807) is 24.3 Å². The number of ketones is 2. The van der Waals surface area contributed by atoms with E-state index >= 15 is 0 Å². The lowest BCUT2D eigenvalue weighted by molar-refractivity contribution is 0.0652. The average molecular weight is 307 g/mol. The molecule has 3 nitrogen and oxygen atoms in total. The Bertz CT molecular complexity index is 696. The molecule has 0 aliphatic heterocycles. The van der Waals surface area contributed by atoms with E-state index in [1.807, 2.05) is 36.4 Å². The Hall–Kier alpha value is -2.26. The molecule has 0 radical (unpaired) electrons. The maximum Gasteiger partial charge on any atom is 0.183 e. The number of rotatable bonds is 4. The molecule has 0 heterocycles. The quantitative estimate of drug-likeness (QED) is 0.877. The largest absolute Gasteiger partial charge is 0.318 e. The molecular formula is C20H21NO2. The van der Waals surface area contributed by atoms with Crippen molar-refractivity contribution in [3.05, 3.63) is 71.8 Å². The zero-order valence-electron chi connectivity index (χ0n) is 13.1. The van der Waals surface area contributed by atoms with Gasteiger partial charge < -0.3 is 5.73 Å². The van der Waals surface area contributed by atoms with Gasteiger partial charge in [-0.2, -0.15) is 0 Å². The summed E-state index contributed by atoms with van der Waals surface area (Å²) >= 11 is 0. The second-order valence-corrected chi connectivity index (χ2v) is 6.26. The van der Waals surface area contributed by atoms with Gasteiger partial charge in [0.15, 0.2) is 11.6 Å². The van der Waals surface area contributed by atoms with Crippen LogP contribution in [0.5, 0.6) is 0 Å². The molecule has 3 heteroatoms. The summed E-state index contributed by atoms with van der Waals surface area (Å²) in [6.07, 6.45) is 3.05. The van der Waals surface area contributed by atoms with Gasteiger partial charge in [-0.25, -0.2) is 0 Å². The number of hydrogen-bond acceptors (Lipinski definition) is 3. The lowest BCUT2D eigenvalue weighted by Gasteiger charge is -2.39. The first-order valence-corrected chi connectivity index (χ1v) is 8.11. The van der Waals surface area contributed by atoms with E-state index in [0.717, 1.165) is 12.8 Å². The molecule has 3 rings (SSSR count). The molecule has 0 bridgehead atoms. The average Bonchev–Trinajstić information content (AvgIpc) is 2.62. The zero-order valence-corrected chi connectivity index (χ0v) is 13.1. The maximum absolute atomic E-state index is 13.0. The summed E-state index contributed by atoms with van der Waals surface area (Å²) in [6.45, 7) is 0. The van der Waals surface area contributed by atoms with E-state index in [2.05, 4.69) is 0 Å². The molecule has 0 aromatic heterocycles. The summed E-state index contributed by atoms with van der Waals surface area (Å²) in [5, 5.41) is 0. The van der Waals surface area contributed by atoms with E-state index in [1.165, 1.54) is 0 Å². The van der Waals surface area contributed by atoms with Crippen LogP contribution >= 0.6 is 0 Å². The van der Waals surface area contributed by atoms with Crippen LogP contribution in [-0.2, 0) is 0 Å². The minimum atomic E-state index is -1.10. The van der Waals surface area contributed by atoms with Crippen LogP contribution in [0.25, 0.3) is 0 Å². The van der Waals surface area contributed by atoms with Gasteiger partial charge in [0, 0.05) is 17.0 Å². The second-order valence-electron chi connectivity index (χ2n) is 6.26. The fourth-order valence-electron chi connectivity index (χ4n) is 3.50. The van der Waals surface area contributed by atoms with Crippen molar-refractivity contribution in [1.82, 2.24) is 0 Å². The smallest absolute Gasteiger partial charge is 0.183 e. The Morgan fingerprint density at radius 1 is 0.870 bits per heavy atom. The van der Waals surface area contributed by atoms with E-state index in [0.29, 0.717) is 24.0 Å². The topological polar surface area (TPSA) is 60.2 Å². The van der Waals surface area contributed by atoms with Crippen LogP contribution in [0.2, 0.25) is 0 Å². The van der Waals surface area contributed by atoms with Crippen LogP contribution in [0.4, 0.5) is 0 Å². The van der Waals surface area contributed by atoms with Crippen molar-refractivity contribution in [2.24, 2.45) is 11.7 Å². The molecule has 1 aliphatic rings. The molecule has 2 aromatic carbocycles. The van der Waals surface area contributed by atoms with Gasteiger partial charge in [0.25, 0.3) is 0 Å². The van der Waals surface area contributed by atoms with Gasteiger partial charge in [0.05, 0.1) is 5.54 Å². The fourth-order valence-corrected chi connectivity index (χ4v) is 3.50. The van der Waals surface area contributed by atoms with Crippen molar-refractivity contribution in [2.45, 2.75) is 31.2 Å². The van der Waals surface area contributed by atoms with Gasteiger partial charge in [-0.15, -0.1) is 0 Å². The highest BCUT2D eigenvalue weighted by Gasteiger charge is 2.47. The van der Waals surface area contributed by atoms with Crippen molar-refractivity contribution >= 4 is 11.6 Å². The van der Waals surface area contributed by atoms with E-state index in [9.17, 15) is 9.59 Å². The summed E-state index contributed by atoms with van der Waals surface area (Å²) in [7, 11) is 0. The normalized spacial score (nSPS) is 24.1. The van der Waals surface area contributed by atoms with Crippen molar-refractivity contribution in [3.63, 3.8) is 0 Å². The summed E-state index contributed by atoms with van der Waals surface area (Å²) in [4.78, 5) is 25.9. The van der Waals surface area contributed by atoms with Crippen LogP contribution in [0.15, 0.2) is 60.7 Å². The number of hydrogen-bond donors (Lipinski definition) is 1. The number of carbonyl (C=O) groups excluding carboxylic acids is 2. The molecule has 2 unspecified atom stereocenters. The van der Waals surface area contributed by atoms with E-state index < -0.39 is 11.5 Å². The van der Waals surface area contributed by atoms with Crippen molar-refractivity contribution in [1.29, 1.82) is 0 Å². The number of benzene rings is 2. The van der Waals surface area contributed by atoms with Gasteiger partial charge in [-0.1, -0.05) is 73.5 Å². The van der Waals surface area contributed by atoms with Crippen LogP contribution in [0.3, 0.4) is 0 Å². The van der Waals surface area contributed by atoms with E-state index in [-0.39, 0.29) is 11.6 Å². The third kappa shape index (κ3) is 2.97. The van der Waals surface area contributed by atoms with Crippen LogP contribution in [0, 0.1) is 5.92 Å². The Kier molecular flexibility index (Phi) is 4.39. The number of nitrogens with two attached hydrogens (primary N) is 1. The molecule has 118 valence electrons.